The Labute approximate surface area is 118 Å². The van der Waals surface area contributed by atoms with Gasteiger partial charge in [0.05, 0.1) is 12.6 Å². The summed E-state index contributed by atoms with van der Waals surface area (Å²) in [5.74, 6) is 0. The van der Waals surface area contributed by atoms with E-state index in [0.29, 0.717) is 0 Å². The van der Waals surface area contributed by atoms with Gasteiger partial charge in [-0.1, -0.05) is 60.7 Å². The molecule has 0 saturated heterocycles. The Kier molecular flexibility index (Phi) is 5.15. The summed E-state index contributed by atoms with van der Waals surface area (Å²) < 4.78 is 5.05. The van der Waals surface area contributed by atoms with Gasteiger partial charge in [-0.25, -0.2) is 4.79 Å². The topological polar surface area (TPSA) is 58.6 Å². The summed E-state index contributed by atoms with van der Waals surface area (Å²) in [5.41, 5.74) is 1.68. The SMILES string of the molecule is O=C(NC[C@@H](O)c1ccccc1)OCc1ccccc1. The van der Waals surface area contributed by atoms with Gasteiger partial charge in [0.15, 0.2) is 0 Å². The minimum absolute atomic E-state index is 0.123. The van der Waals surface area contributed by atoms with Crippen LogP contribution in [0.1, 0.15) is 17.2 Å². The molecule has 0 saturated carbocycles. The van der Waals surface area contributed by atoms with Crippen LogP contribution in [0, 0.1) is 0 Å². The molecule has 0 heterocycles. The highest BCUT2D eigenvalue weighted by molar-refractivity contribution is 5.67. The lowest BCUT2D eigenvalue weighted by molar-refractivity contribution is 0.126. The number of nitrogens with one attached hydrogen (secondary N) is 1. The highest BCUT2D eigenvalue weighted by atomic mass is 16.5. The Morgan fingerprint density at radius 3 is 2.30 bits per heavy atom. The summed E-state index contributed by atoms with van der Waals surface area (Å²) in [5, 5.41) is 12.4. The molecule has 4 nitrogen and oxygen atoms in total. The quantitative estimate of drug-likeness (QED) is 0.879. The minimum atomic E-state index is -0.736. The molecule has 0 aliphatic carbocycles. The van der Waals surface area contributed by atoms with Crippen LogP contribution in [0.2, 0.25) is 0 Å². The first-order valence-corrected chi connectivity index (χ1v) is 6.43. The van der Waals surface area contributed by atoms with E-state index in [9.17, 15) is 9.90 Å². The van der Waals surface area contributed by atoms with Crippen molar-refractivity contribution >= 4 is 6.09 Å². The molecule has 0 radical (unpaired) electrons. The van der Waals surface area contributed by atoms with E-state index in [1.54, 1.807) is 0 Å². The highest BCUT2D eigenvalue weighted by Gasteiger charge is 2.09. The monoisotopic (exact) mass is 271 g/mol. The fourth-order valence-corrected chi connectivity index (χ4v) is 1.75. The largest absolute Gasteiger partial charge is 0.445 e. The third-order valence-electron chi connectivity index (χ3n) is 2.84. The van der Waals surface area contributed by atoms with Gasteiger partial charge in [0.2, 0.25) is 0 Å². The number of ether oxygens (including phenoxy) is 1. The van der Waals surface area contributed by atoms with Gasteiger partial charge in [-0.15, -0.1) is 0 Å². The van der Waals surface area contributed by atoms with Gasteiger partial charge >= 0.3 is 6.09 Å². The molecule has 2 N–H and O–H groups in total. The highest BCUT2D eigenvalue weighted by Crippen LogP contribution is 2.10. The number of rotatable bonds is 5. The first-order valence-electron chi connectivity index (χ1n) is 6.43. The van der Waals surface area contributed by atoms with Crippen molar-refractivity contribution in [1.82, 2.24) is 5.32 Å². The number of hydrogen-bond donors (Lipinski definition) is 2. The first-order chi connectivity index (χ1) is 9.75. The maximum atomic E-state index is 11.5. The lowest BCUT2D eigenvalue weighted by Gasteiger charge is -2.12. The number of carbonyl (C=O) groups excluding carboxylic acids is 1. The van der Waals surface area contributed by atoms with Crippen LogP contribution in [0.15, 0.2) is 60.7 Å². The fourth-order valence-electron chi connectivity index (χ4n) is 1.75. The molecule has 0 spiro atoms. The van der Waals surface area contributed by atoms with Crippen LogP contribution in [0.25, 0.3) is 0 Å². The average molecular weight is 271 g/mol. The molecule has 104 valence electrons. The van der Waals surface area contributed by atoms with Crippen LogP contribution < -0.4 is 5.32 Å². The van der Waals surface area contributed by atoms with Crippen LogP contribution in [0.3, 0.4) is 0 Å². The third kappa shape index (κ3) is 4.40. The van der Waals surface area contributed by atoms with Crippen LogP contribution in [0.5, 0.6) is 0 Å². The van der Waals surface area contributed by atoms with Crippen LogP contribution >= 0.6 is 0 Å². The maximum Gasteiger partial charge on any atom is 0.407 e. The minimum Gasteiger partial charge on any atom is -0.445 e. The summed E-state index contributed by atoms with van der Waals surface area (Å²) >= 11 is 0. The number of aliphatic hydroxyl groups is 1. The van der Waals surface area contributed by atoms with Gasteiger partial charge < -0.3 is 15.2 Å². The Bertz CT molecular complexity index is 528. The van der Waals surface area contributed by atoms with E-state index < -0.39 is 12.2 Å². The van der Waals surface area contributed by atoms with E-state index in [4.69, 9.17) is 4.74 Å². The van der Waals surface area contributed by atoms with Crippen molar-refractivity contribution in [2.24, 2.45) is 0 Å². The van der Waals surface area contributed by atoms with E-state index in [1.165, 1.54) is 0 Å². The maximum absolute atomic E-state index is 11.5. The Morgan fingerprint density at radius 2 is 1.65 bits per heavy atom. The zero-order valence-electron chi connectivity index (χ0n) is 11.0. The number of hydrogen-bond acceptors (Lipinski definition) is 3. The molecule has 1 amide bonds. The lowest BCUT2D eigenvalue weighted by Crippen LogP contribution is -2.28. The van der Waals surface area contributed by atoms with E-state index in [1.807, 2.05) is 60.7 Å². The van der Waals surface area contributed by atoms with Crippen LogP contribution in [-0.4, -0.2) is 17.7 Å². The fraction of sp³-hybridized carbons (Fsp3) is 0.188. The van der Waals surface area contributed by atoms with Crippen molar-refractivity contribution in [2.45, 2.75) is 12.7 Å². The number of amides is 1. The van der Waals surface area contributed by atoms with Crippen molar-refractivity contribution in [2.75, 3.05) is 6.54 Å². The molecule has 4 heteroatoms. The second-order valence-electron chi connectivity index (χ2n) is 4.37. The molecule has 2 aromatic rings. The molecule has 2 rings (SSSR count). The predicted octanol–water partition coefficient (Wildman–Crippen LogP) is 2.65. The van der Waals surface area contributed by atoms with Crippen molar-refractivity contribution < 1.29 is 14.6 Å². The van der Waals surface area contributed by atoms with Crippen LogP contribution in [-0.2, 0) is 11.3 Å². The molecule has 20 heavy (non-hydrogen) atoms. The lowest BCUT2D eigenvalue weighted by atomic mass is 10.1. The zero-order valence-corrected chi connectivity index (χ0v) is 11.0. The Morgan fingerprint density at radius 1 is 1.05 bits per heavy atom. The number of aliphatic hydroxyl groups excluding tert-OH is 1. The second kappa shape index (κ2) is 7.31. The Balaban J connectivity index is 1.73. The molecular formula is C16H17NO3. The van der Waals surface area contributed by atoms with Crippen molar-refractivity contribution in [3.05, 3.63) is 71.8 Å². The van der Waals surface area contributed by atoms with E-state index >= 15 is 0 Å². The smallest absolute Gasteiger partial charge is 0.407 e. The molecule has 0 aliphatic rings. The zero-order chi connectivity index (χ0) is 14.2. The summed E-state index contributed by atoms with van der Waals surface area (Å²) in [6.45, 7) is 0.339. The van der Waals surface area contributed by atoms with E-state index in [2.05, 4.69) is 5.32 Å². The number of benzene rings is 2. The van der Waals surface area contributed by atoms with Gasteiger partial charge in [-0.3, -0.25) is 0 Å². The summed E-state index contributed by atoms with van der Waals surface area (Å²) in [6.07, 6.45) is -1.27. The van der Waals surface area contributed by atoms with Crippen LogP contribution in [0.4, 0.5) is 4.79 Å². The number of alkyl carbamates (subject to hydrolysis) is 1. The van der Waals surface area contributed by atoms with Gasteiger partial charge in [-0.2, -0.15) is 0 Å². The summed E-state index contributed by atoms with van der Waals surface area (Å²) in [4.78, 5) is 11.5. The van der Waals surface area contributed by atoms with Gasteiger partial charge in [0.25, 0.3) is 0 Å². The second-order valence-corrected chi connectivity index (χ2v) is 4.37. The Hall–Kier alpha value is -2.33. The first kappa shape index (κ1) is 14.1. The third-order valence-corrected chi connectivity index (χ3v) is 2.84. The van der Waals surface area contributed by atoms with Crippen molar-refractivity contribution in [3.63, 3.8) is 0 Å². The summed E-state index contributed by atoms with van der Waals surface area (Å²) in [6, 6.07) is 18.6. The normalized spacial score (nSPS) is 11.7. The molecule has 0 unspecified atom stereocenters. The summed E-state index contributed by atoms with van der Waals surface area (Å²) in [7, 11) is 0. The molecule has 1 atom stereocenters. The number of carbonyl (C=O) groups is 1. The molecule has 0 bridgehead atoms. The molecule has 0 fully saturated rings. The van der Waals surface area contributed by atoms with Gasteiger partial charge in [-0.05, 0) is 11.1 Å². The standard InChI is InChI=1S/C16H17NO3/c18-15(14-9-5-2-6-10-14)11-17-16(19)20-12-13-7-3-1-4-8-13/h1-10,15,18H,11-12H2,(H,17,19)/t15-/m1/s1. The van der Waals surface area contributed by atoms with Crippen molar-refractivity contribution in [3.8, 4) is 0 Å². The van der Waals surface area contributed by atoms with Gasteiger partial charge in [0, 0.05) is 0 Å². The predicted molar refractivity (Wildman–Crippen MR) is 76.0 cm³/mol. The molecule has 0 aromatic heterocycles. The molecule has 2 aromatic carbocycles. The van der Waals surface area contributed by atoms with Gasteiger partial charge in [0.1, 0.15) is 6.61 Å². The average Bonchev–Trinajstić information content (AvgIpc) is 2.52. The molecular weight excluding hydrogens is 254 g/mol. The van der Waals surface area contributed by atoms with E-state index in [-0.39, 0.29) is 13.2 Å². The molecule has 0 aliphatic heterocycles. The van der Waals surface area contributed by atoms with E-state index in [0.717, 1.165) is 11.1 Å². The van der Waals surface area contributed by atoms with Crippen molar-refractivity contribution in [1.29, 1.82) is 0 Å².